The van der Waals surface area contributed by atoms with Gasteiger partial charge in [0.25, 0.3) is 5.89 Å². The van der Waals surface area contributed by atoms with E-state index in [1.54, 1.807) is 0 Å². The average Bonchev–Trinajstić information content (AvgIpc) is 2.78. The standard InChI is InChI=1S/C12H14N2O2/c1-3-10(15)11-13-12(16-14-11)9-7-5-4-6-8(9)2/h4-7,10,15H,3H2,1-2H3. The molecule has 0 spiro atoms. The minimum atomic E-state index is -0.651. The van der Waals surface area contributed by atoms with Gasteiger partial charge in [-0.05, 0) is 25.0 Å². The summed E-state index contributed by atoms with van der Waals surface area (Å²) in [6, 6.07) is 7.78. The monoisotopic (exact) mass is 218 g/mol. The maximum Gasteiger partial charge on any atom is 0.258 e. The van der Waals surface area contributed by atoms with Crippen molar-refractivity contribution in [2.75, 3.05) is 0 Å². The molecule has 1 aromatic carbocycles. The molecule has 0 aliphatic heterocycles. The molecule has 2 aromatic rings. The van der Waals surface area contributed by atoms with E-state index in [1.165, 1.54) is 0 Å². The molecule has 0 aliphatic carbocycles. The molecule has 1 unspecified atom stereocenters. The summed E-state index contributed by atoms with van der Waals surface area (Å²) in [5.41, 5.74) is 1.98. The van der Waals surface area contributed by atoms with Crippen molar-refractivity contribution in [1.82, 2.24) is 10.1 Å². The van der Waals surface area contributed by atoms with Crippen LogP contribution >= 0.6 is 0 Å². The maximum atomic E-state index is 9.57. The van der Waals surface area contributed by atoms with E-state index in [0.717, 1.165) is 11.1 Å². The zero-order valence-electron chi connectivity index (χ0n) is 9.34. The number of hydrogen-bond acceptors (Lipinski definition) is 4. The van der Waals surface area contributed by atoms with Crippen LogP contribution in [-0.4, -0.2) is 15.2 Å². The minimum Gasteiger partial charge on any atom is -0.385 e. The molecule has 1 atom stereocenters. The molecule has 2 rings (SSSR count). The number of aliphatic hydroxyl groups excluding tert-OH is 1. The van der Waals surface area contributed by atoms with E-state index in [9.17, 15) is 5.11 Å². The van der Waals surface area contributed by atoms with E-state index in [4.69, 9.17) is 4.52 Å². The van der Waals surface area contributed by atoms with Gasteiger partial charge >= 0.3 is 0 Å². The van der Waals surface area contributed by atoms with Crippen molar-refractivity contribution in [1.29, 1.82) is 0 Å². The summed E-state index contributed by atoms with van der Waals surface area (Å²) < 4.78 is 5.13. The summed E-state index contributed by atoms with van der Waals surface area (Å²) in [6.07, 6.45) is -0.0752. The summed E-state index contributed by atoms with van der Waals surface area (Å²) in [5, 5.41) is 13.3. The highest BCUT2D eigenvalue weighted by atomic mass is 16.5. The SMILES string of the molecule is CCC(O)c1noc(-c2ccccc2C)n1. The predicted octanol–water partition coefficient (Wildman–Crippen LogP) is 2.49. The molecule has 0 saturated heterocycles. The van der Waals surface area contributed by atoms with E-state index in [0.29, 0.717) is 18.1 Å². The van der Waals surface area contributed by atoms with Crippen molar-refractivity contribution < 1.29 is 9.63 Å². The topological polar surface area (TPSA) is 59.2 Å². The molecular formula is C12H14N2O2. The fourth-order valence-electron chi connectivity index (χ4n) is 1.48. The second-order valence-electron chi connectivity index (χ2n) is 3.70. The Balaban J connectivity index is 2.35. The van der Waals surface area contributed by atoms with Crippen LogP contribution in [0.15, 0.2) is 28.8 Å². The summed E-state index contributed by atoms with van der Waals surface area (Å²) >= 11 is 0. The van der Waals surface area contributed by atoms with Crippen LogP contribution in [0.4, 0.5) is 0 Å². The Labute approximate surface area is 93.9 Å². The van der Waals surface area contributed by atoms with Crippen LogP contribution in [0.2, 0.25) is 0 Å². The lowest BCUT2D eigenvalue weighted by Gasteiger charge is -1.99. The number of rotatable bonds is 3. The van der Waals surface area contributed by atoms with Crippen molar-refractivity contribution >= 4 is 0 Å². The smallest absolute Gasteiger partial charge is 0.258 e. The second kappa shape index (κ2) is 4.45. The third-order valence-corrected chi connectivity index (χ3v) is 2.50. The first-order valence-corrected chi connectivity index (χ1v) is 5.30. The normalized spacial score (nSPS) is 12.7. The van der Waals surface area contributed by atoms with Gasteiger partial charge < -0.3 is 9.63 Å². The highest BCUT2D eigenvalue weighted by molar-refractivity contribution is 5.57. The van der Waals surface area contributed by atoms with E-state index >= 15 is 0 Å². The van der Waals surface area contributed by atoms with Gasteiger partial charge in [0.15, 0.2) is 0 Å². The largest absolute Gasteiger partial charge is 0.385 e. The van der Waals surface area contributed by atoms with E-state index in [1.807, 2.05) is 38.1 Å². The summed E-state index contributed by atoms with van der Waals surface area (Å²) in [5.74, 6) is 0.807. The van der Waals surface area contributed by atoms with Gasteiger partial charge in [0.2, 0.25) is 5.82 Å². The molecule has 4 heteroatoms. The summed E-state index contributed by atoms with van der Waals surface area (Å²) in [7, 11) is 0. The molecule has 4 nitrogen and oxygen atoms in total. The Hall–Kier alpha value is -1.68. The molecule has 1 aromatic heterocycles. The zero-order valence-corrected chi connectivity index (χ0v) is 9.34. The highest BCUT2D eigenvalue weighted by Gasteiger charge is 2.15. The molecule has 1 heterocycles. The number of benzene rings is 1. The molecule has 0 fully saturated rings. The molecule has 1 N–H and O–H groups in total. The number of aliphatic hydroxyl groups is 1. The average molecular weight is 218 g/mol. The molecule has 0 saturated carbocycles. The Morgan fingerprint density at radius 2 is 2.12 bits per heavy atom. The lowest BCUT2D eigenvalue weighted by molar-refractivity contribution is 0.159. The highest BCUT2D eigenvalue weighted by Crippen LogP contribution is 2.23. The Morgan fingerprint density at radius 3 is 2.81 bits per heavy atom. The number of nitrogens with zero attached hydrogens (tertiary/aromatic N) is 2. The van der Waals surface area contributed by atoms with Gasteiger partial charge in [-0.15, -0.1) is 0 Å². The van der Waals surface area contributed by atoms with Crippen molar-refractivity contribution in [2.45, 2.75) is 26.4 Å². The third-order valence-electron chi connectivity index (χ3n) is 2.50. The fraction of sp³-hybridized carbons (Fsp3) is 0.333. The minimum absolute atomic E-state index is 0.348. The van der Waals surface area contributed by atoms with Crippen molar-refractivity contribution in [3.8, 4) is 11.5 Å². The number of aryl methyl sites for hydroxylation is 1. The van der Waals surface area contributed by atoms with Crippen molar-refractivity contribution in [3.63, 3.8) is 0 Å². The Kier molecular flexibility index (Phi) is 3.01. The van der Waals surface area contributed by atoms with Gasteiger partial charge in [0, 0.05) is 5.56 Å². The quantitative estimate of drug-likeness (QED) is 0.859. The van der Waals surface area contributed by atoms with Crippen LogP contribution in [0.5, 0.6) is 0 Å². The first-order chi connectivity index (χ1) is 7.72. The van der Waals surface area contributed by atoms with Gasteiger partial charge in [-0.2, -0.15) is 4.98 Å². The lowest BCUT2D eigenvalue weighted by Crippen LogP contribution is -1.97. The maximum absolute atomic E-state index is 9.57. The van der Waals surface area contributed by atoms with Crippen LogP contribution in [-0.2, 0) is 0 Å². The first-order valence-electron chi connectivity index (χ1n) is 5.30. The van der Waals surface area contributed by atoms with Crippen molar-refractivity contribution in [2.24, 2.45) is 0 Å². The molecular weight excluding hydrogens is 204 g/mol. The van der Waals surface area contributed by atoms with Crippen molar-refractivity contribution in [3.05, 3.63) is 35.7 Å². The Bertz CT molecular complexity index is 479. The van der Waals surface area contributed by atoms with Gasteiger partial charge in [0.1, 0.15) is 6.10 Å². The molecule has 0 bridgehead atoms. The molecule has 0 aliphatic rings. The number of hydrogen-bond donors (Lipinski definition) is 1. The van der Waals surface area contributed by atoms with Crippen LogP contribution in [0, 0.1) is 6.92 Å². The molecule has 16 heavy (non-hydrogen) atoms. The van der Waals surface area contributed by atoms with Crippen LogP contribution in [0.3, 0.4) is 0 Å². The zero-order chi connectivity index (χ0) is 11.5. The molecule has 0 radical (unpaired) electrons. The summed E-state index contributed by atoms with van der Waals surface area (Å²) in [6.45, 7) is 3.85. The van der Waals surface area contributed by atoms with Crippen LogP contribution < -0.4 is 0 Å². The van der Waals surface area contributed by atoms with Gasteiger partial charge in [0.05, 0.1) is 0 Å². The van der Waals surface area contributed by atoms with Crippen LogP contribution in [0.25, 0.3) is 11.5 Å². The van der Waals surface area contributed by atoms with E-state index < -0.39 is 6.10 Å². The van der Waals surface area contributed by atoms with Gasteiger partial charge in [-0.25, -0.2) is 0 Å². The fourth-order valence-corrected chi connectivity index (χ4v) is 1.48. The molecule has 0 amide bonds. The second-order valence-corrected chi connectivity index (χ2v) is 3.70. The lowest BCUT2D eigenvalue weighted by atomic mass is 10.1. The predicted molar refractivity (Wildman–Crippen MR) is 59.7 cm³/mol. The first kappa shape index (κ1) is 10.8. The Morgan fingerprint density at radius 1 is 1.38 bits per heavy atom. The van der Waals surface area contributed by atoms with Crippen LogP contribution in [0.1, 0.15) is 30.8 Å². The summed E-state index contributed by atoms with van der Waals surface area (Å²) in [4.78, 5) is 4.18. The van der Waals surface area contributed by atoms with E-state index in [-0.39, 0.29) is 0 Å². The third kappa shape index (κ3) is 1.97. The number of aromatic nitrogens is 2. The van der Waals surface area contributed by atoms with E-state index in [2.05, 4.69) is 10.1 Å². The molecule has 84 valence electrons. The van der Waals surface area contributed by atoms with Gasteiger partial charge in [-0.3, -0.25) is 0 Å². The van der Waals surface area contributed by atoms with Gasteiger partial charge in [-0.1, -0.05) is 30.3 Å².